The van der Waals surface area contributed by atoms with Crippen LogP contribution in [0.15, 0.2) is 18.2 Å². The van der Waals surface area contributed by atoms with E-state index in [0.29, 0.717) is 5.75 Å². The summed E-state index contributed by atoms with van der Waals surface area (Å²) in [5.41, 5.74) is 1.85. The Balaban J connectivity index is 2.89. The topological polar surface area (TPSA) is 21.3 Å². The summed E-state index contributed by atoms with van der Waals surface area (Å²) in [5, 5.41) is 2.62. The number of ether oxygens (including phenoxy) is 1. The number of benzene rings is 1. The second kappa shape index (κ2) is 5.80. The molecule has 1 N–H and O–H groups in total. The van der Waals surface area contributed by atoms with Crippen molar-refractivity contribution >= 4 is 0 Å². The fourth-order valence-electron chi connectivity index (χ4n) is 1.62. The van der Waals surface area contributed by atoms with E-state index in [1.807, 2.05) is 25.1 Å². The van der Waals surface area contributed by atoms with Crippen molar-refractivity contribution in [1.82, 2.24) is 5.32 Å². The highest BCUT2D eigenvalue weighted by Gasteiger charge is 2.20. The van der Waals surface area contributed by atoms with Gasteiger partial charge in [0.2, 0.25) is 0 Å². The number of methoxy groups -OCH3 is 1. The van der Waals surface area contributed by atoms with Gasteiger partial charge in [-0.15, -0.1) is 0 Å². The van der Waals surface area contributed by atoms with Gasteiger partial charge in [-0.25, -0.2) is 8.78 Å². The first kappa shape index (κ1) is 12.9. The van der Waals surface area contributed by atoms with Gasteiger partial charge < -0.3 is 10.1 Å². The lowest BCUT2D eigenvalue weighted by atomic mass is 10.0. The Morgan fingerprint density at radius 2 is 2.06 bits per heavy atom. The zero-order chi connectivity index (χ0) is 12.1. The minimum atomic E-state index is -2.38. The van der Waals surface area contributed by atoms with E-state index in [-0.39, 0.29) is 6.42 Å². The van der Waals surface area contributed by atoms with Gasteiger partial charge in [0.25, 0.3) is 6.43 Å². The Hall–Kier alpha value is -1.16. The van der Waals surface area contributed by atoms with Crippen molar-refractivity contribution in [1.29, 1.82) is 0 Å². The fraction of sp³-hybridized carbons (Fsp3) is 0.500. The van der Waals surface area contributed by atoms with Gasteiger partial charge >= 0.3 is 0 Å². The number of alkyl halides is 2. The van der Waals surface area contributed by atoms with E-state index >= 15 is 0 Å². The van der Waals surface area contributed by atoms with Gasteiger partial charge in [0.1, 0.15) is 5.75 Å². The summed E-state index contributed by atoms with van der Waals surface area (Å²) in [6.45, 7) is 1.93. The van der Waals surface area contributed by atoms with Crippen molar-refractivity contribution in [3.63, 3.8) is 0 Å². The van der Waals surface area contributed by atoms with Crippen LogP contribution < -0.4 is 10.1 Å². The molecule has 0 aliphatic carbocycles. The molecule has 0 bridgehead atoms. The first-order valence-electron chi connectivity index (χ1n) is 5.17. The molecule has 1 rings (SSSR count). The first-order chi connectivity index (χ1) is 7.58. The lowest BCUT2D eigenvalue weighted by molar-refractivity contribution is 0.102. The van der Waals surface area contributed by atoms with Crippen LogP contribution in [0.4, 0.5) is 8.78 Å². The van der Waals surface area contributed by atoms with Crippen molar-refractivity contribution in [2.45, 2.75) is 25.8 Å². The SMILES string of the molecule is CNC(Cc1cc(C)ccc1OC)C(F)F. The van der Waals surface area contributed by atoms with Gasteiger partial charge in [-0.05, 0) is 32.0 Å². The molecule has 1 aromatic rings. The highest BCUT2D eigenvalue weighted by molar-refractivity contribution is 5.37. The number of rotatable bonds is 5. The highest BCUT2D eigenvalue weighted by atomic mass is 19.3. The maximum Gasteiger partial charge on any atom is 0.254 e. The number of hydrogen-bond donors (Lipinski definition) is 1. The summed E-state index contributed by atoms with van der Waals surface area (Å²) in [7, 11) is 3.09. The van der Waals surface area contributed by atoms with Gasteiger partial charge in [0.05, 0.1) is 13.2 Å². The van der Waals surface area contributed by atoms with E-state index in [2.05, 4.69) is 5.32 Å². The maximum atomic E-state index is 12.6. The normalized spacial score (nSPS) is 12.9. The predicted octanol–water partition coefficient (Wildman–Crippen LogP) is 2.40. The smallest absolute Gasteiger partial charge is 0.254 e. The number of aryl methyl sites for hydroxylation is 1. The Labute approximate surface area is 94.6 Å². The zero-order valence-corrected chi connectivity index (χ0v) is 9.76. The van der Waals surface area contributed by atoms with Crippen LogP contribution in [0.3, 0.4) is 0 Å². The summed E-state index contributed by atoms with van der Waals surface area (Å²) in [4.78, 5) is 0. The Morgan fingerprint density at radius 1 is 1.38 bits per heavy atom. The van der Waals surface area contributed by atoms with Crippen LogP contribution in [0.5, 0.6) is 5.75 Å². The van der Waals surface area contributed by atoms with Crippen LogP contribution >= 0.6 is 0 Å². The Bertz CT molecular complexity index is 342. The molecule has 4 heteroatoms. The van der Waals surface area contributed by atoms with Crippen molar-refractivity contribution in [3.05, 3.63) is 29.3 Å². The minimum absolute atomic E-state index is 0.263. The quantitative estimate of drug-likeness (QED) is 0.837. The molecule has 1 unspecified atom stereocenters. The molecule has 0 heterocycles. The maximum absolute atomic E-state index is 12.6. The van der Waals surface area contributed by atoms with E-state index in [1.54, 1.807) is 14.2 Å². The van der Waals surface area contributed by atoms with Gasteiger partial charge in [-0.2, -0.15) is 0 Å². The van der Waals surface area contributed by atoms with Crippen molar-refractivity contribution in [2.75, 3.05) is 14.2 Å². The van der Waals surface area contributed by atoms with Gasteiger partial charge in [0, 0.05) is 0 Å². The summed E-state index contributed by atoms with van der Waals surface area (Å²) in [5.74, 6) is 0.659. The van der Waals surface area contributed by atoms with Crippen LogP contribution in [-0.4, -0.2) is 26.6 Å². The number of nitrogens with one attached hydrogen (secondary N) is 1. The molecular formula is C12H17F2NO. The van der Waals surface area contributed by atoms with Gasteiger partial charge in [-0.3, -0.25) is 0 Å². The van der Waals surface area contributed by atoms with Crippen molar-refractivity contribution in [3.8, 4) is 5.75 Å². The van der Waals surface area contributed by atoms with Crippen molar-refractivity contribution in [2.24, 2.45) is 0 Å². The Morgan fingerprint density at radius 3 is 2.56 bits per heavy atom. The van der Waals surface area contributed by atoms with Gasteiger partial charge in [-0.1, -0.05) is 17.7 Å². The molecule has 0 amide bonds. The highest BCUT2D eigenvalue weighted by Crippen LogP contribution is 2.22. The third-order valence-electron chi connectivity index (χ3n) is 2.55. The molecule has 16 heavy (non-hydrogen) atoms. The molecule has 0 saturated heterocycles. The van der Waals surface area contributed by atoms with Gasteiger partial charge in [0.15, 0.2) is 0 Å². The molecule has 0 saturated carbocycles. The minimum Gasteiger partial charge on any atom is -0.496 e. The molecule has 0 aromatic heterocycles. The molecule has 0 fully saturated rings. The van der Waals surface area contributed by atoms with Crippen LogP contribution in [0, 0.1) is 6.92 Å². The zero-order valence-electron chi connectivity index (χ0n) is 9.76. The standard InChI is InChI=1S/C12H17F2NO/c1-8-4-5-11(16-3)9(6-8)7-10(15-2)12(13)14/h4-6,10,12,15H,7H2,1-3H3. The Kier molecular flexibility index (Phi) is 4.68. The lowest BCUT2D eigenvalue weighted by Gasteiger charge is -2.17. The summed E-state index contributed by atoms with van der Waals surface area (Å²) in [6.07, 6.45) is -2.12. The second-order valence-corrected chi connectivity index (χ2v) is 3.75. The molecule has 90 valence electrons. The third-order valence-corrected chi connectivity index (χ3v) is 2.55. The van der Waals surface area contributed by atoms with E-state index in [4.69, 9.17) is 4.74 Å². The largest absolute Gasteiger partial charge is 0.496 e. The first-order valence-corrected chi connectivity index (χ1v) is 5.17. The molecule has 0 aliphatic heterocycles. The average Bonchev–Trinajstić information content (AvgIpc) is 2.25. The van der Waals surface area contributed by atoms with E-state index in [1.165, 1.54) is 0 Å². The number of hydrogen-bond acceptors (Lipinski definition) is 2. The molecule has 1 aromatic carbocycles. The third kappa shape index (κ3) is 3.17. The van der Waals surface area contributed by atoms with E-state index in [0.717, 1.165) is 11.1 Å². The molecule has 0 radical (unpaired) electrons. The summed E-state index contributed by atoms with van der Waals surface area (Å²) >= 11 is 0. The summed E-state index contributed by atoms with van der Waals surface area (Å²) in [6, 6.07) is 4.75. The van der Waals surface area contributed by atoms with Crippen molar-refractivity contribution < 1.29 is 13.5 Å². The van der Waals surface area contributed by atoms with Crippen LogP contribution in [-0.2, 0) is 6.42 Å². The molecule has 0 spiro atoms. The number of likely N-dealkylation sites (N-methyl/N-ethyl adjacent to an activating group) is 1. The van der Waals surface area contributed by atoms with Crippen LogP contribution in [0.2, 0.25) is 0 Å². The number of halogens is 2. The predicted molar refractivity (Wildman–Crippen MR) is 60.3 cm³/mol. The monoisotopic (exact) mass is 229 g/mol. The van der Waals surface area contributed by atoms with E-state index in [9.17, 15) is 8.78 Å². The molecular weight excluding hydrogens is 212 g/mol. The summed E-state index contributed by atoms with van der Waals surface area (Å²) < 4.78 is 30.4. The molecule has 2 nitrogen and oxygen atoms in total. The molecule has 0 aliphatic rings. The lowest BCUT2D eigenvalue weighted by Crippen LogP contribution is -2.34. The van der Waals surface area contributed by atoms with Crippen LogP contribution in [0.25, 0.3) is 0 Å². The second-order valence-electron chi connectivity index (χ2n) is 3.75. The van der Waals surface area contributed by atoms with Crippen LogP contribution in [0.1, 0.15) is 11.1 Å². The fourth-order valence-corrected chi connectivity index (χ4v) is 1.62. The average molecular weight is 229 g/mol. The van der Waals surface area contributed by atoms with E-state index < -0.39 is 12.5 Å². The molecule has 1 atom stereocenters.